The highest BCUT2D eigenvalue weighted by Crippen LogP contribution is 2.36. The van der Waals surface area contributed by atoms with Gasteiger partial charge in [0, 0.05) is 5.92 Å². The van der Waals surface area contributed by atoms with E-state index < -0.39 is 17.5 Å². The van der Waals surface area contributed by atoms with Crippen molar-refractivity contribution in [2.75, 3.05) is 0 Å². The maximum absolute atomic E-state index is 13.4. The topological polar surface area (TPSA) is 0 Å². The highest BCUT2D eigenvalue weighted by Gasteiger charge is 2.23. The lowest BCUT2D eigenvalue weighted by molar-refractivity contribution is 0.294. The first kappa shape index (κ1) is 21.0. The summed E-state index contributed by atoms with van der Waals surface area (Å²) in [4.78, 5) is 0. The van der Waals surface area contributed by atoms with Gasteiger partial charge in [-0.15, -0.1) is 0 Å². The van der Waals surface area contributed by atoms with Crippen molar-refractivity contribution in [3.63, 3.8) is 0 Å². The van der Waals surface area contributed by atoms with Gasteiger partial charge in [-0.05, 0) is 92.9 Å². The Kier molecular flexibility index (Phi) is 7.65. The largest absolute Gasteiger partial charge is 0.204 e. The van der Waals surface area contributed by atoms with Crippen LogP contribution in [0.3, 0.4) is 0 Å². The predicted octanol–water partition coefficient (Wildman–Crippen LogP) is 7.54. The summed E-state index contributed by atoms with van der Waals surface area (Å²) >= 11 is 0. The molecule has 0 radical (unpaired) electrons. The van der Waals surface area contributed by atoms with Crippen molar-refractivity contribution in [2.45, 2.75) is 77.0 Å². The van der Waals surface area contributed by atoms with Crippen molar-refractivity contribution < 1.29 is 13.2 Å². The van der Waals surface area contributed by atoms with E-state index in [0.717, 1.165) is 43.7 Å². The third-order valence-corrected chi connectivity index (χ3v) is 6.53. The minimum Gasteiger partial charge on any atom is -0.204 e. The van der Waals surface area contributed by atoms with Crippen LogP contribution in [-0.4, -0.2) is 0 Å². The molecule has 0 aliphatic heterocycles. The fourth-order valence-corrected chi connectivity index (χ4v) is 4.81. The summed E-state index contributed by atoms with van der Waals surface area (Å²) in [5.41, 5.74) is 0.571. The number of rotatable bonds is 4. The second kappa shape index (κ2) is 10.2. The molecule has 0 spiro atoms. The molecule has 0 saturated heterocycles. The van der Waals surface area contributed by atoms with Gasteiger partial charge in [-0.2, -0.15) is 0 Å². The van der Waals surface area contributed by atoms with Gasteiger partial charge >= 0.3 is 0 Å². The predicted molar refractivity (Wildman–Crippen MR) is 108 cm³/mol. The van der Waals surface area contributed by atoms with Crippen LogP contribution >= 0.6 is 0 Å². The number of hydrogen-bond acceptors (Lipinski definition) is 0. The van der Waals surface area contributed by atoms with Gasteiger partial charge in [0.1, 0.15) is 0 Å². The molecule has 3 heteroatoms. The standard InChI is InChI=1S/C25H31F3/c1-2-5-18-8-10-19(11-9-18)6-3-4-7-20-12-14-21(15-13-20)22-16-23(26)25(28)24(27)17-22/h3,6,16-21H,2,5,8-15H2,1H3/t18-,19-,20-,21-. The lowest BCUT2D eigenvalue weighted by atomic mass is 9.79. The molecule has 0 bridgehead atoms. The lowest BCUT2D eigenvalue weighted by Gasteiger charge is -2.26. The van der Waals surface area contributed by atoms with Crippen LogP contribution in [0, 0.1) is 47.0 Å². The van der Waals surface area contributed by atoms with Gasteiger partial charge in [-0.25, -0.2) is 13.2 Å². The molecule has 3 rings (SSSR count). The van der Waals surface area contributed by atoms with Crippen LogP contribution in [0.4, 0.5) is 13.2 Å². The summed E-state index contributed by atoms with van der Waals surface area (Å²) in [6.07, 6.45) is 15.8. The van der Waals surface area contributed by atoms with Crippen molar-refractivity contribution in [1.82, 2.24) is 0 Å². The zero-order chi connectivity index (χ0) is 19.9. The fraction of sp³-hybridized carbons (Fsp3) is 0.600. The summed E-state index contributed by atoms with van der Waals surface area (Å²) in [6.45, 7) is 2.27. The third-order valence-electron chi connectivity index (χ3n) is 6.53. The number of halogens is 3. The van der Waals surface area contributed by atoms with Gasteiger partial charge in [0.25, 0.3) is 0 Å². The van der Waals surface area contributed by atoms with Gasteiger partial charge in [0.15, 0.2) is 17.5 Å². The zero-order valence-corrected chi connectivity index (χ0v) is 16.8. The van der Waals surface area contributed by atoms with E-state index in [4.69, 9.17) is 0 Å². The molecule has 152 valence electrons. The van der Waals surface area contributed by atoms with E-state index >= 15 is 0 Å². The Bertz CT molecular complexity index is 701. The summed E-state index contributed by atoms with van der Waals surface area (Å²) in [7, 11) is 0. The highest BCUT2D eigenvalue weighted by atomic mass is 19.2. The maximum atomic E-state index is 13.4. The molecule has 1 aromatic carbocycles. The molecule has 0 amide bonds. The van der Waals surface area contributed by atoms with Gasteiger partial charge < -0.3 is 0 Å². The highest BCUT2D eigenvalue weighted by molar-refractivity contribution is 5.25. The van der Waals surface area contributed by atoms with Gasteiger partial charge in [0.05, 0.1) is 0 Å². The Morgan fingerprint density at radius 1 is 0.929 bits per heavy atom. The molecule has 0 atom stereocenters. The van der Waals surface area contributed by atoms with E-state index in [0.29, 0.717) is 17.4 Å². The van der Waals surface area contributed by atoms with Crippen LogP contribution in [0.15, 0.2) is 24.3 Å². The van der Waals surface area contributed by atoms with E-state index in [1.807, 2.05) is 6.08 Å². The molecule has 28 heavy (non-hydrogen) atoms. The van der Waals surface area contributed by atoms with Gasteiger partial charge in [0.2, 0.25) is 0 Å². The first-order valence-corrected chi connectivity index (χ1v) is 10.9. The Balaban J connectivity index is 1.44. The SMILES string of the molecule is CCC[C@H]1CC[C@H](C=CC#C[C@H]2CC[C@H](c3cc(F)c(F)c(F)c3)CC2)CC1. The summed E-state index contributed by atoms with van der Waals surface area (Å²) in [6, 6.07) is 2.29. The lowest BCUT2D eigenvalue weighted by Crippen LogP contribution is -2.13. The molecule has 2 aliphatic carbocycles. The summed E-state index contributed by atoms with van der Waals surface area (Å²) in [5.74, 6) is 5.05. The third kappa shape index (κ3) is 5.66. The maximum Gasteiger partial charge on any atom is 0.194 e. The minimum atomic E-state index is -1.38. The van der Waals surface area contributed by atoms with E-state index in [2.05, 4.69) is 24.8 Å². The molecule has 2 aliphatic rings. The van der Waals surface area contributed by atoms with Gasteiger partial charge in [-0.1, -0.05) is 37.7 Å². The first-order chi connectivity index (χ1) is 13.6. The fourth-order valence-electron chi connectivity index (χ4n) is 4.81. The van der Waals surface area contributed by atoms with Crippen LogP contribution in [0.5, 0.6) is 0 Å². The van der Waals surface area contributed by atoms with Crippen LogP contribution in [0.2, 0.25) is 0 Å². The molecular formula is C25H31F3. The monoisotopic (exact) mass is 388 g/mol. The van der Waals surface area contributed by atoms with Crippen molar-refractivity contribution in [3.05, 3.63) is 47.3 Å². The van der Waals surface area contributed by atoms with Crippen molar-refractivity contribution in [1.29, 1.82) is 0 Å². The Hall–Kier alpha value is -1.69. The Morgan fingerprint density at radius 3 is 2.18 bits per heavy atom. The van der Waals surface area contributed by atoms with E-state index in [1.165, 1.54) is 38.5 Å². The minimum absolute atomic E-state index is 0.0940. The molecule has 0 heterocycles. The zero-order valence-electron chi connectivity index (χ0n) is 16.8. The average Bonchev–Trinajstić information content (AvgIpc) is 2.71. The molecule has 0 nitrogen and oxygen atoms in total. The number of hydrogen-bond donors (Lipinski definition) is 0. The number of benzene rings is 1. The molecule has 2 saturated carbocycles. The van der Waals surface area contributed by atoms with Crippen molar-refractivity contribution >= 4 is 0 Å². The summed E-state index contributed by atoms with van der Waals surface area (Å²) in [5, 5.41) is 0. The van der Waals surface area contributed by atoms with E-state index in [9.17, 15) is 13.2 Å². The number of allylic oxidation sites excluding steroid dienone is 2. The quantitative estimate of drug-likeness (QED) is 0.369. The molecule has 0 unspecified atom stereocenters. The second-order valence-electron chi connectivity index (χ2n) is 8.56. The van der Waals surface area contributed by atoms with Crippen molar-refractivity contribution in [2.24, 2.45) is 17.8 Å². The molecular weight excluding hydrogens is 357 g/mol. The normalized spacial score (nSPS) is 28.1. The van der Waals surface area contributed by atoms with E-state index in [1.54, 1.807) is 0 Å². The van der Waals surface area contributed by atoms with Crippen LogP contribution in [0.25, 0.3) is 0 Å². The van der Waals surface area contributed by atoms with Crippen LogP contribution in [0.1, 0.15) is 82.6 Å². The molecule has 2 fully saturated rings. The van der Waals surface area contributed by atoms with Crippen molar-refractivity contribution in [3.8, 4) is 11.8 Å². The van der Waals surface area contributed by atoms with Crippen LogP contribution < -0.4 is 0 Å². The van der Waals surface area contributed by atoms with Crippen LogP contribution in [-0.2, 0) is 0 Å². The Morgan fingerprint density at radius 2 is 1.57 bits per heavy atom. The summed E-state index contributed by atoms with van der Waals surface area (Å²) < 4.78 is 40.0. The smallest absolute Gasteiger partial charge is 0.194 e. The van der Waals surface area contributed by atoms with E-state index in [-0.39, 0.29) is 5.92 Å². The molecule has 1 aromatic rings. The van der Waals surface area contributed by atoms with Gasteiger partial charge in [-0.3, -0.25) is 0 Å². The Labute approximate surface area is 167 Å². The first-order valence-electron chi connectivity index (χ1n) is 10.9. The average molecular weight is 389 g/mol. The second-order valence-corrected chi connectivity index (χ2v) is 8.56. The molecule has 0 N–H and O–H groups in total. The molecule has 0 aromatic heterocycles.